The van der Waals surface area contributed by atoms with Gasteiger partial charge in [-0.3, -0.25) is 0 Å². The van der Waals surface area contributed by atoms with Crippen molar-refractivity contribution in [3.8, 4) is 16.3 Å². The Morgan fingerprint density at radius 2 is 2.14 bits per heavy atom. The molecule has 0 atom stereocenters. The van der Waals surface area contributed by atoms with Gasteiger partial charge in [-0.15, -0.1) is 10.2 Å². The number of rotatable bonds is 1. The highest BCUT2D eigenvalue weighted by atomic mass is 127. The fourth-order valence-corrected chi connectivity index (χ4v) is 2.32. The van der Waals surface area contributed by atoms with Gasteiger partial charge in [-0.05, 0) is 40.8 Å². The summed E-state index contributed by atoms with van der Waals surface area (Å²) in [7, 11) is 0. The van der Waals surface area contributed by atoms with Crippen molar-refractivity contribution in [1.29, 1.82) is 0 Å². The van der Waals surface area contributed by atoms with Crippen LogP contribution in [0, 0.1) is 8.83 Å². The second-order valence-electron chi connectivity index (χ2n) is 2.52. The van der Waals surface area contributed by atoms with Gasteiger partial charge in [-0.1, -0.05) is 11.3 Å². The van der Waals surface area contributed by atoms with E-state index in [9.17, 15) is 9.50 Å². The minimum absolute atomic E-state index is 0.0129. The van der Waals surface area contributed by atoms with Crippen LogP contribution in [0.3, 0.4) is 0 Å². The molecule has 1 aromatic heterocycles. The molecule has 0 fully saturated rings. The first-order chi connectivity index (χ1) is 6.66. The number of nitrogens with zero attached hydrogens (tertiary/aromatic N) is 2. The van der Waals surface area contributed by atoms with Gasteiger partial charge in [0, 0.05) is 0 Å². The molecule has 72 valence electrons. The van der Waals surface area contributed by atoms with E-state index in [0.717, 1.165) is 3.01 Å². The van der Waals surface area contributed by atoms with Crippen LogP contribution in [0.4, 0.5) is 4.39 Å². The molecule has 1 aromatic carbocycles. The normalized spacial score (nSPS) is 10.4. The van der Waals surface area contributed by atoms with Gasteiger partial charge in [-0.25, -0.2) is 4.39 Å². The molecule has 6 heteroatoms. The Labute approximate surface area is 96.8 Å². The van der Waals surface area contributed by atoms with Crippen molar-refractivity contribution in [3.05, 3.63) is 27.0 Å². The third-order valence-corrected chi connectivity index (χ3v) is 3.21. The van der Waals surface area contributed by atoms with Gasteiger partial charge in [0.2, 0.25) is 0 Å². The van der Waals surface area contributed by atoms with Crippen molar-refractivity contribution in [2.45, 2.75) is 0 Å². The first-order valence-electron chi connectivity index (χ1n) is 3.65. The molecule has 0 bridgehead atoms. The van der Waals surface area contributed by atoms with Crippen LogP contribution in [0.2, 0.25) is 0 Å². The molecule has 0 unspecified atom stereocenters. The quantitative estimate of drug-likeness (QED) is 0.821. The SMILES string of the molecule is Oc1ccc(F)cc1-c1nnc(I)s1. The van der Waals surface area contributed by atoms with E-state index in [1.807, 2.05) is 22.6 Å². The Morgan fingerprint density at radius 1 is 1.36 bits per heavy atom. The zero-order valence-electron chi connectivity index (χ0n) is 6.74. The van der Waals surface area contributed by atoms with E-state index in [1.54, 1.807) is 0 Å². The molecular formula is C8H4FIN2OS. The van der Waals surface area contributed by atoms with E-state index in [0.29, 0.717) is 10.6 Å². The molecule has 0 spiro atoms. The second-order valence-corrected chi connectivity index (χ2v) is 5.25. The molecule has 0 saturated heterocycles. The summed E-state index contributed by atoms with van der Waals surface area (Å²) in [5.41, 5.74) is 0.380. The van der Waals surface area contributed by atoms with Crippen molar-refractivity contribution in [2.24, 2.45) is 0 Å². The van der Waals surface area contributed by atoms with Crippen LogP contribution >= 0.6 is 33.9 Å². The van der Waals surface area contributed by atoms with Crippen molar-refractivity contribution < 1.29 is 9.50 Å². The Balaban J connectivity index is 2.55. The molecule has 0 amide bonds. The van der Waals surface area contributed by atoms with Crippen LogP contribution in [-0.4, -0.2) is 15.3 Å². The van der Waals surface area contributed by atoms with Gasteiger partial charge in [0.25, 0.3) is 0 Å². The minimum atomic E-state index is -0.400. The number of benzene rings is 1. The van der Waals surface area contributed by atoms with Crippen LogP contribution in [0.15, 0.2) is 18.2 Å². The molecule has 0 aliphatic rings. The molecule has 0 saturated carbocycles. The van der Waals surface area contributed by atoms with Gasteiger partial charge < -0.3 is 5.11 Å². The number of halogens is 2. The van der Waals surface area contributed by atoms with E-state index in [2.05, 4.69) is 10.2 Å². The Kier molecular flexibility index (Phi) is 2.64. The Bertz CT molecular complexity index is 474. The molecule has 0 radical (unpaired) electrons. The van der Waals surface area contributed by atoms with Crippen LogP contribution in [0.25, 0.3) is 10.6 Å². The summed E-state index contributed by atoms with van der Waals surface area (Å²) < 4.78 is 13.6. The molecule has 2 rings (SSSR count). The topological polar surface area (TPSA) is 46.0 Å². The molecule has 14 heavy (non-hydrogen) atoms. The highest BCUT2D eigenvalue weighted by molar-refractivity contribution is 14.1. The van der Waals surface area contributed by atoms with E-state index in [-0.39, 0.29) is 5.75 Å². The first kappa shape index (κ1) is 9.78. The van der Waals surface area contributed by atoms with Crippen LogP contribution < -0.4 is 0 Å². The fourth-order valence-electron chi connectivity index (χ4n) is 0.994. The lowest BCUT2D eigenvalue weighted by Crippen LogP contribution is -1.80. The average molecular weight is 322 g/mol. The monoisotopic (exact) mass is 322 g/mol. The third-order valence-electron chi connectivity index (χ3n) is 1.59. The Morgan fingerprint density at radius 3 is 2.79 bits per heavy atom. The maximum atomic E-state index is 12.9. The molecule has 0 aliphatic carbocycles. The van der Waals surface area contributed by atoms with Crippen LogP contribution in [0.1, 0.15) is 0 Å². The molecule has 0 aliphatic heterocycles. The number of hydrogen-bond donors (Lipinski definition) is 1. The zero-order valence-corrected chi connectivity index (χ0v) is 9.71. The van der Waals surface area contributed by atoms with Crippen molar-refractivity contribution >= 4 is 33.9 Å². The van der Waals surface area contributed by atoms with Crippen LogP contribution in [-0.2, 0) is 0 Å². The summed E-state index contributed by atoms with van der Waals surface area (Å²) in [5.74, 6) is -0.387. The van der Waals surface area contributed by atoms with E-state index in [4.69, 9.17) is 0 Å². The van der Waals surface area contributed by atoms with Gasteiger partial charge >= 0.3 is 0 Å². The maximum Gasteiger partial charge on any atom is 0.178 e. The molecular weight excluding hydrogens is 318 g/mol. The van der Waals surface area contributed by atoms with Crippen molar-refractivity contribution in [1.82, 2.24) is 10.2 Å². The van der Waals surface area contributed by atoms with Gasteiger partial charge in [0.1, 0.15) is 11.6 Å². The van der Waals surface area contributed by atoms with Crippen LogP contribution in [0.5, 0.6) is 5.75 Å². The number of phenols is 1. The Hall–Kier alpha value is -0.760. The lowest BCUT2D eigenvalue weighted by Gasteiger charge is -1.98. The number of aromatic nitrogens is 2. The minimum Gasteiger partial charge on any atom is -0.507 e. The largest absolute Gasteiger partial charge is 0.507 e. The second kappa shape index (κ2) is 3.77. The third kappa shape index (κ3) is 1.85. The fraction of sp³-hybridized carbons (Fsp3) is 0. The molecule has 3 nitrogen and oxygen atoms in total. The van der Waals surface area contributed by atoms with Gasteiger partial charge in [0.15, 0.2) is 8.02 Å². The summed E-state index contributed by atoms with van der Waals surface area (Å²) in [6, 6.07) is 3.75. The maximum absolute atomic E-state index is 12.9. The number of hydrogen-bond acceptors (Lipinski definition) is 4. The van der Waals surface area contributed by atoms with Gasteiger partial charge in [0.05, 0.1) is 5.56 Å². The smallest absolute Gasteiger partial charge is 0.178 e. The number of phenolic OH excluding ortho intramolecular Hbond substituents is 1. The van der Waals surface area contributed by atoms with Crippen molar-refractivity contribution in [2.75, 3.05) is 0 Å². The summed E-state index contributed by atoms with van der Waals surface area (Å²) in [4.78, 5) is 0. The standard InChI is InChI=1S/C8H4FIN2OS/c9-4-1-2-6(13)5(3-4)7-11-12-8(10)14-7/h1-3,13H. The van der Waals surface area contributed by atoms with E-state index < -0.39 is 5.82 Å². The van der Waals surface area contributed by atoms with E-state index in [1.165, 1.54) is 29.5 Å². The predicted molar refractivity (Wildman–Crippen MR) is 59.7 cm³/mol. The summed E-state index contributed by atoms with van der Waals surface area (Å²) in [6.45, 7) is 0. The average Bonchev–Trinajstić information content (AvgIpc) is 2.56. The predicted octanol–water partition coefficient (Wildman–Crippen LogP) is 2.65. The molecule has 1 heterocycles. The van der Waals surface area contributed by atoms with Crippen molar-refractivity contribution in [3.63, 3.8) is 0 Å². The first-order valence-corrected chi connectivity index (χ1v) is 5.54. The van der Waals surface area contributed by atoms with E-state index >= 15 is 0 Å². The number of aromatic hydroxyl groups is 1. The zero-order chi connectivity index (χ0) is 10.1. The lowest BCUT2D eigenvalue weighted by atomic mass is 10.2. The highest BCUT2D eigenvalue weighted by Crippen LogP contribution is 2.31. The lowest BCUT2D eigenvalue weighted by molar-refractivity contribution is 0.475. The summed E-state index contributed by atoms with van der Waals surface area (Å²) in [6.07, 6.45) is 0. The summed E-state index contributed by atoms with van der Waals surface area (Å²) >= 11 is 3.32. The summed E-state index contributed by atoms with van der Waals surface area (Å²) in [5, 5.41) is 17.6. The van der Waals surface area contributed by atoms with Gasteiger partial charge in [-0.2, -0.15) is 0 Å². The molecule has 1 N–H and O–H groups in total. The molecule has 2 aromatic rings. The highest BCUT2D eigenvalue weighted by Gasteiger charge is 2.10.